The third-order valence-electron chi connectivity index (χ3n) is 6.22. The summed E-state index contributed by atoms with van der Waals surface area (Å²) >= 11 is 0. The number of hydrogen-bond acceptors (Lipinski definition) is 8. The maximum absolute atomic E-state index is 14.3. The number of hydrogen-bond donors (Lipinski definition) is 1. The molecule has 1 atom stereocenters. The molecule has 6 rings (SSSR count). The van der Waals surface area contributed by atoms with Crippen molar-refractivity contribution < 1.29 is 9.13 Å². The van der Waals surface area contributed by atoms with E-state index < -0.39 is 5.82 Å². The summed E-state index contributed by atoms with van der Waals surface area (Å²) in [5.74, 6) is 0.926. The largest absolute Gasteiger partial charge is 0.375 e. The SMILES string of the molecule is Cc1cnc2ccc(-c3c(N4CCO[C@H](C)C4)nc(N)n4nc(Cc5ncccc5F)nc34)cn12. The van der Waals surface area contributed by atoms with Gasteiger partial charge in [0.15, 0.2) is 11.5 Å². The number of pyridine rings is 2. The van der Waals surface area contributed by atoms with E-state index in [9.17, 15) is 4.39 Å². The smallest absolute Gasteiger partial charge is 0.225 e. The lowest BCUT2D eigenvalue weighted by atomic mass is 10.1. The summed E-state index contributed by atoms with van der Waals surface area (Å²) in [4.78, 5) is 20.3. The maximum atomic E-state index is 14.3. The van der Waals surface area contributed by atoms with Crippen molar-refractivity contribution in [1.82, 2.24) is 34.0 Å². The molecule has 11 heteroatoms. The van der Waals surface area contributed by atoms with Crippen LogP contribution >= 0.6 is 0 Å². The van der Waals surface area contributed by atoms with Gasteiger partial charge in [-0.3, -0.25) is 4.98 Å². The minimum absolute atomic E-state index is 0.0507. The molecule has 5 aromatic heterocycles. The van der Waals surface area contributed by atoms with Gasteiger partial charge in [0.2, 0.25) is 5.95 Å². The van der Waals surface area contributed by atoms with Crippen molar-refractivity contribution in [1.29, 1.82) is 0 Å². The third kappa shape index (κ3) is 3.73. The van der Waals surface area contributed by atoms with Crippen LogP contribution in [0.2, 0.25) is 0 Å². The van der Waals surface area contributed by atoms with Crippen LogP contribution in [0.3, 0.4) is 0 Å². The molecule has 5 aromatic rings. The summed E-state index contributed by atoms with van der Waals surface area (Å²) in [5, 5.41) is 4.55. The monoisotopic (exact) mass is 473 g/mol. The van der Waals surface area contributed by atoms with Gasteiger partial charge in [-0.15, -0.1) is 5.10 Å². The van der Waals surface area contributed by atoms with Gasteiger partial charge in [0.25, 0.3) is 0 Å². The summed E-state index contributed by atoms with van der Waals surface area (Å²) in [5.41, 5.74) is 10.7. The molecule has 10 nitrogen and oxygen atoms in total. The fraction of sp³-hybridized carbons (Fsp3) is 0.292. The minimum atomic E-state index is -0.401. The molecule has 0 amide bonds. The van der Waals surface area contributed by atoms with Crippen molar-refractivity contribution in [3.63, 3.8) is 0 Å². The van der Waals surface area contributed by atoms with Gasteiger partial charge in [-0.25, -0.2) is 14.4 Å². The van der Waals surface area contributed by atoms with E-state index in [2.05, 4.69) is 20.0 Å². The highest BCUT2D eigenvalue weighted by Gasteiger charge is 2.26. The Balaban J connectivity index is 1.56. The number of nitrogens with zero attached hydrogens (tertiary/aromatic N) is 8. The van der Waals surface area contributed by atoms with Crippen LogP contribution in [0, 0.1) is 12.7 Å². The maximum Gasteiger partial charge on any atom is 0.225 e. The summed E-state index contributed by atoms with van der Waals surface area (Å²) in [6.45, 7) is 5.96. The first-order chi connectivity index (χ1) is 17.0. The zero-order chi connectivity index (χ0) is 24.1. The topological polar surface area (TPSA) is 112 Å². The van der Waals surface area contributed by atoms with E-state index in [0.717, 1.165) is 22.5 Å². The lowest BCUT2D eigenvalue weighted by Crippen LogP contribution is -2.42. The second kappa shape index (κ2) is 8.27. The molecule has 2 N–H and O–H groups in total. The number of halogens is 1. The highest BCUT2D eigenvalue weighted by Crippen LogP contribution is 2.35. The Morgan fingerprint density at radius 2 is 2.09 bits per heavy atom. The Labute approximate surface area is 200 Å². The van der Waals surface area contributed by atoms with Gasteiger partial charge < -0.3 is 19.8 Å². The van der Waals surface area contributed by atoms with Crippen molar-refractivity contribution in [2.75, 3.05) is 30.3 Å². The Kier molecular flexibility index (Phi) is 5.06. The highest BCUT2D eigenvalue weighted by molar-refractivity contribution is 5.88. The number of aryl methyl sites for hydroxylation is 1. The molecule has 1 aliphatic heterocycles. The highest BCUT2D eigenvalue weighted by atomic mass is 19.1. The first kappa shape index (κ1) is 21.4. The summed E-state index contributed by atoms with van der Waals surface area (Å²) in [6.07, 6.45) is 5.59. The molecule has 1 saturated heterocycles. The molecule has 0 aromatic carbocycles. The zero-order valence-corrected chi connectivity index (χ0v) is 19.4. The number of aromatic nitrogens is 7. The molecule has 35 heavy (non-hydrogen) atoms. The van der Waals surface area contributed by atoms with Crippen molar-refractivity contribution in [2.45, 2.75) is 26.4 Å². The molecule has 1 fully saturated rings. The van der Waals surface area contributed by atoms with Gasteiger partial charge in [0.05, 0.1) is 30.4 Å². The van der Waals surface area contributed by atoms with Crippen LogP contribution < -0.4 is 10.6 Å². The fourth-order valence-corrected chi connectivity index (χ4v) is 4.51. The molecular weight excluding hydrogens is 449 g/mol. The molecule has 178 valence electrons. The molecule has 0 aliphatic carbocycles. The number of anilines is 2. The van der Waals surface area contributed by atoms with Gasteiger partial charge >= 0.3 is 0 Å². The van der Waals surface area contributed by atoms with E-state index in [1.165, 1.54) is 10.6 Å². The van der Waals surface area contributed by atoms with E-state index in [1.54, 1.807) is 12.3 Å². The molecule has 0 bridgehead atoms. The molecule has 6 heterocycles. The van der Waals surface area contributed by atoms with E-state index in [-0.39, 0.29) is 24.2 Å². The number of nitrogens with two attached hydrogens (primary N) is 1. The van der Waals surface area contributed by atoms with Crippen molar-refractivity contribution in [2.24, 2.45) is 0 Å². The molecule has 0 saturated carbocycles. The number of nitrogen functional groups attached to an aromatic ring is 1. The predicted molar refractivity (Wildman–Crippen MR) is 129 cm³/mol. The van der Waals surface area contributed by atoms with Gasteiger partial charge in [0.1, 0.15) is 17.3 Å². The normalized spacial score (nSPS) is 16.4. The second-order valence-corrected chi connectivity index (χ2v) is 8.71. The van der Waals surface area contributed by atoms with Crippen molar-refractivity contribution in [3.8, 4) is 11.1 Å². The van der Waals surface area contributed by atoms with E-state index in [1.807, 2.05) is 42.8 Å². The van der Waals surface area contributed by atoms with Crippen LogP contribution in [-0.4, -0.2) is 59.8 Å². The first-order valence-corrected chi connectivity index (χ1v) is 11.4. The van der Waals surface area contributed by atoms with Crippen LogP contribution in [0.15, 0.2) is 42.9 Å². The Hall–Kier alpha value is -4.12. The standard InChI is InChI=1S/C24H24FN9O/c1-14-11-28-20-6-5-16(13-33(14)20)21-22(32-8-9-35-15(2)12-32)30-24(26)34-23(21)29-19(31-34)10-18-17(25)4-3-7-27-18/h3-7,11,13,15H,8-10,12H2,1-2H3,(H2,26,30)/t15-/m1/s1. The number of rotatable bonds is 4. The summed E-state index contributed by atoms with van der Waals surface area (Å²) in [7, 11) is 0. The van der Waals surface area contributed by atoms with Crippen molar-refractivity contribution in [3.05, 3.63) is 65.9 Å². The van der Waals surface area contributed by atoms with E-state index in [0.29, 0.717) is 37.0 Å². The zero-order valence-electron chi connectivity index (χ0n) is 19.4. The lowest BCUT2D eigenvalue weighted by molar-refractivity contribution is 0.0530. The first-order valence-electron chi connectivity index (χ1n) is 11.4. The van der Waals surface area contributed by atoms with Crippen LogP contribution in [0.25, 0.3) is 22.4 Å². The Bertz CT molecular complexity index is 1560. The van der Waals surface area contributed by atoms with E-state index in [4.69, 9.17) is 20.4 Å². The van der Waals surface area contributed by atoms with Crippen molar-refractivity contribution >= 4 is 23.1 Å². The quantitative estimate of drug-likeness (QED) is 0.424. The molecule has 1 aliphatic rings. The Morgan fingerprint density at radius 3 is 2.91 bits per heavy atom. The second-order valence-electron chi connectivity index (χ2n) is 8.71. The molecule has 0 unspecified atom stereocenters. The number of ether oxygens (including phenoxy) is 1. The predicted octanol–water partition coefficient (Wildman–Crippen LogP) is 2.68. The Morgan fingerprint density at radius 1 is 1.20 bits per heavy atom. The number of imidazole rings is 1. The third-order valence-corrected chi connectivity index (χ3v) is 6.22. The summed E-state index contributed by atoms with van der Waals surface area (Å²) in [6, 6.07) is 6.89. The molecular formula is C24H24FN9O. The molecule has 0 spiro atoms. The van der Waals surface area contributed by atoms with Gasteiger partial charge in [-0.05, 0) is 38.1 Å². The van der Waals surface area contributed by atoms with E-state index >= 15 is 0 Å². The fourth-order valence-electron chi connectivity index (χ4n) is 4.51. The molecule has 0 radical (unpaired) electrons. The van der Waals surface area contributed by atoms with Crippen LogP contribution in [-0.2, 0) is 11.2 Å². The minimum Gasteiger partial charge on any atom is -0.375 e. The van der Waals surface area contributed by atoms with Crippen LogP contribution in [0.1, 0.15) is 24.1 Å². The van der Waals surface area contributed by atoms with Crippen LogP contribution in [0.4, 0.5) is 16.2 Å². The number of morpholine rings is 1. The van der Waals surface area contributed by atoms with Gasteiger partial charge in [0, 0.05) is 42.9 Å². The lowest BCUT2D eigenvalue weighted by Gasteiger charge is -2.33. The van der Waals surface area contributed by atoms with Crippen LogP contribution in [0.5, 0.6) is 0 Å². The van der Waals surface area contributed by atoms with Gasteiger partial charge in [-0.2, -0.15) is 9.50 Å². The summed E-state index contributed by atoms with van der Waals surface area (Å²) < 4.78 is 23.6. The average molecular weight is 474 g/mol. The number of fused-ring (bicyclic) bond motifs is 2. The van der Waals surface area contributed by atoms with Gasteiger partial charge in [-0.1, -0.05) is 0 Å². The average Bonchev–Trinajstić information content (AvgIpc) is 3.44.